The van der Waals surface area contributed by atoms with Crippen LogP contribution in [-0.4, -0.2) is 41.7 Å². The van der Waals surface area contributed by atoms with E-state index in [4.69, 9.17) is 11.5 Å². The number of benzene rings is 3. The second-order valence-electron chi connectivity index (χ2n) is 7.97. The van der Waals surface area contributed by atoms with E-state index < -0.39 is 16.9 Å². The smallest absolute Gasteiger partial charge is 0.325 e. The first kappa shape index (κ1) is 28.5. The predicted octanol–water partition coefficient (Wildman–Crippen LogP) is 2.83. The van der Waals surface area contributed by atoms with Crippen molar-refractivity contribution in [1.82, 2.24) is 10.6 Å². The van der Waals surface area contributed by atoms with Crippen LogP contribution in [0.15, 0.2) is 89.4 Å². The van der Waals surface area contributed by atoms with Crippen LogP contribution in [0, 0.1) is 10.1 Å². The standard InChI is InChI=1S/C26H25N9O5/c1-3-22(36)30-20-12-17(13-21(14-20)35(39)40)15-4-8-19(9-5-15)32-26(38)34-25(28)33-24(27)31-18-10-6-16(7-11-18)23(37)29-2/h3-14H,1H2,2H3,(H,29,37)(H,30,36)(H6,27,28,31,32,33,34,38). The van der Waals surface area contributed by atoms with Crippen molar-refractivity contribution in [2.75, 3.05) is 17.7 Å². The topological polar surface area (TPSA) is 219 Å². The van der Waals surface area contributed by atoms with Crippen molar-refractivity contribution >= 4 is 52.5 Å². The van der Waals surface area contributed by atoms with Crippen LogP contribution in [0.25, 0.3) is 11.1 Å². The fourth-order valence-corrected chi connectivity index (χ4v) is 3.31. The van der Waals surface area contributed by atoms with E-state index in [9.17, 15) is 24.5 Å². The Morgan fingerprint density at radius 1 is 0.925 bits per heavy atom. The number of rotatable bonds is 7. The summed E-state index contributed by atoms with van der Waals surface area (Å²) in [6.45, 7) is 3.36. The lowest BCUT2D eigenvalue weighted by molar-refractivity contribution is -0.384. The highest BCUT2D eigenvalue weighted by Gasteiger charge is 2.13. The SMILES string of the molecule is C=CC(=O)Nc1cc(-c2ccc(NC(=O)N/C(N)=N\C(N)=Nc3ccc(C(=O)NC)cc3)cc2)cc([N+](=O)[O-])c1. The van der Waals surface area contributed by atoms with Crippen LogP contribution in [0.2, 0.25) is 0 Å². The van der Waals surface area contributed by atoms with Gasteiger partial charge in [0, 0.05) is 36.1 Å². The average Bonchev–Trinajstić information content (AvgIpc) is 2.92. The Kier molecular flexibility index (Phi) is 9.24. The summed E-state index contributed by atoms with van der Waals surface area (Å²) in [5, 5.41) is 21.2. The van der Waals surface area contributed by atoms with Crippen molar-refractivity contribution in [2.24, 2.45) is 21.5 Å². The van der Waals surface area contributed by atoms with Crippen molar-refractivity contribution < 1.29 is 19.3 Å². The maximum absolute atomic E-state index is 12.3. The van der Waals surface area contributed by atoms with E-state index in [0.717, 1.165) is 6.08 Å². The van der Waals surface area contributed by atoms with Crippen molar-refractivity contribution in [2.45, 2.75) is 0 Å². The maximum Gasteiger partial charge on any atom is 0.325 e. The molecule has 0 heterocycles. The fourth-order valence-electron chi connectivity index (χ4n) is 3.31. The van der Waals surface area contributed by atoms with Crippen LogP contribution in [0.4, 0.5) is 27.5 Å². The maximum atomic E-state index is 12.3. The van der Waals surface area contributed by atoms with Gasteiger partial charge in [-0.2, -0.15) is 4.99 Å². The molecule has 0 spiro atoms. The normalized spacial score (nSPS) is 11.2. The minimum Gasteiger partial charge on any atom is -0.369 e. The number of hydrogen-bond donors (Lipinski definition) is 6. The molecule has 8 N–H and O–H groups in total. The van der Waals surface area contributed by atoms with Crippen LogP contribution >= 0.6 is 0 Å². The van der Waals surface area contributed by atoms with E-state index in [1.54, 1.807) is 54.6 Å². The number of nitrogens with one attached hydrogen (secondary N) is 4. The molecular weight excluding hydrogens is 518 g/mol. The second kappa shape index (κ2) is 13.0. The third kappa shape index (κ3) is 7.97. The monoisotopic (exact) mass is 543 g/mol. The molecular formula is C26H25N9O5. The molecule has 0 saturated carbocycles. The van der Waals surface area contributed by atoms with Crippen molar-refractivity contribution in [1.29, 1.82) is 0 Å². The van der Waals surface area contributed by atoms with Gasteiger partial charge in [0.15, 0.2) is 0 Å². The number of nitro benzene ring substituents is 1. The molecule has 0 saturated heterocycles. The van der Waals surface area contributed by atoms with Gasteiger partial charge in [-0.3, -0.25) is 25.0 Å². The first-order valence-corrected chi connectivity index (χ1v) is 11.5. The molecule has 0 unspecified atom stereocenters. The summed E-state index contributed by atoms with van der Waals surface area (Å²) in [4.78, 5) is 54.2. The average molecular weight is 544 g/mol. The third-order valence-corrected chi connectivity index (χ3v) is 5.13. The molecule has 0 atom stereocenters. The molecule has 204 valence electrons. The Morgan fingerprint density at radius 3 is 2.20 bits per heavy atom. The Morgan fingerprint density at radius 2 is 1.60 bits per heavy atom. The van der Waals surface area contributed by atoms with Crippen molar-refractivity contribution in [3.63, 3.8) is 0 Å². The van der Waals surface area contributed by atoms with E-state index in [0.29, 0.717) is 28.1 Å². The third-order valence-electron chi connectivity index (χ3n) is 5.13. The summed E-state index contributed by atoms with van der Waals surface area (Å²) in [5.41, 5.74) is 13.8. The Hall–Kier alpha value is -6.05. The van der Waals surface area contributed by atoms with Crippen molar-refractivity contribution in [3.05, 3.63) is 95.1 Å². The molecule has 3 aromatic rings. The zero-order chi connectivity index (χ0) is 29.2. The number of amides is 4. The van der Waals surface area contributed by atoms with Crippen molar-refractivity contribution in [3.8, 4) is 11.1 Å². The number of carbonyl (C=O) groups excluding carboxylic acids is 3. The molecule has 0 aliphatic rings. The number of urea groups is 1. The quantitative estimate of drug-likeness (QED) is 0.0859. The number of guanidine groups is 2. The van der Waals surface area contributed by atoms with Crippen LogP contribution in [-0.2, 0) is 4.79 Å². The number of nitro groups is 1. The molecule has 0 aliphatic carbocycles. The van der Waals surface area contributed by atoms with Gasteiger partial charge in [-0.05, 0) is 59.7 Å². The number of hydrogen-bond acceptors (Lipinski definition) is 6. The summed E-state index contributed by atoms with van der Waals surface area (Å²) < 4.78 is 0. The summed E-state index contributed by atoms with van der Waals surface area (Å²) in [6.07, 6.45) is 1.05. The lowest BCUT2D eigenvalue weighted by Crippen LogP contribution is -2.40. The molecule has 4 amide bonds. The summed E-state index contributed by atoms with van der Waals surface area (Å²) in [6, 6.07) is 16.1. The second-order valence-corrected chi connectivity index (χ2v) is 7.97. The molecule has 14 nitrogen and oxygen atoms in total. The van der Waals surface area contributed by atoms with Crippen LogP contribution in [0.5, 0.6) is 0 Å². The molecule has 0 bridgehead atoms. The highest BCUT2D eigenvalue weighted by molar-refractivity contribution is 6.05. The molecule has 0 fully saturated rings. The van der Waals surface area contributed by atoms with Gasteiger partial charge in [-0.15, -0.1) is 0 Å². The lowest BCUT2D eigenvalue weighted by atomic mass is 10.0. The van der Waals surface area contributed by atoms with Gasteiger partial charge >= 0.3 is 6.03 Å². The van der Waals surface area contributed by atoms with Crippen LogP contribution < -0.4 is 32.7 Å². The lowest BCUT2D eigenvalue weighted by Gasteiger charge is -2.09. The zero-order valence-electron chi connectivity index (χ0n) is 21.2. The number of nitrogens with zero attached hydrogens (tertiary/aromatic N) is 3. The Bertz CT molecular complexity index is 1510. The van der Waals surface area contributed by atoms with Gasteiger partial charge in [0.05, 0.1) is 10.6 Å². The van der Waals surface area contributed by atoms with Gasteiger partial charge in [0.25, 0.3) is 11.6 Å². The van der Waals surface area contributed by atoms with Gasteiger partial charge in [0.1, 0.15) is 0 Å². The van der Waals surface area contributed by atoms with E-state index >= 15 is 0 Å². The number of nitrogens with two attached hydrogens (primary N) is 2. The van der Waals surface area contributed by atoms with E-state index in [-0.39, 0.29) is 29.2 Å². The molecule has 14 heteroatoms. The van der Waals surface area contributed by atoms with Crippen LogP contribution in [0.3, 0.4) is 0 Å². The summed E-state index contributed by atoms with van der Waals surface area (Å²) in [7, 11) is 1.52. The van der Waals surface area contributed by atoms with E-state index in [1.807, 2.05) is 0 Å². The zero-order valence-corrected chi connectivity index (χ0v) is 21.2. The number of aliphatic imine (C=N–C) groups is 2. The highest BCUT2D eigenvalue weighted by Crippen LogP contribution is 2.29. The first-order valence-electron chi connectivity index (χ1n) is 11.5. The number of anilines is 2. The molecule has 0 aromatic heterocycles. The fraction of sp³-hybridized carbons (Fsp3) is 0.0385. The molecule has 0 radical (unpaired) electrons. The van der Waals surface area contributed by atoms with Crippen LogP contribution in [0.1, 0.15) is 10.4 Å². The van der Waals surface area contributed by atoms with Gasteiger partial charge in [0.2, 0.25) is 17.8 Å². The Balaban J connectivity index is 1.65. The van der Waals surface area contributed by atoms with Gasteiger partial charge < -0.3 is 27.4 Å². The number of carbonyl (C=O) groups is 3. The summed E-state index contributed by atoms with van der Waals surface area (Å²) >= 11 is 0. The molecule has 0 aliphatic heterocycles. The minimum atomic E-state index is -0.707. The number of non-ortho nitro benzene ring substituents is 1. The highest BCUT2D eigenvalue weighted by atomic mass is 16.6. The molecule has 3 rings (SSSR count). The minimum absolute atomic E-state index is 0.211. The van der Waals surface area contributed by atoms with E-state index in [1.165, 1.54) is 19.2 Å². The summed E-state index contributed by atoms with van der Waals surface area (Å²) in [5.74, 6) is -1.30. The predicted molar refractivity (Wildman–Crippen MR) is 152 cm³/mol. The van der Waals surface area contributed by atoms with Gasteiger partial charge in [-0.25, -0.2) is 9.79 Å². The van der Waals surface area contributed by atoms with E-state index in [2.05, 4.69) is 37.8 Å². The van der Waals surface area contributed by atoms with Gasteiger partial charge in [-0.1, -0.05) is 18.7 Å². The largest absolute Gasteiger partial charge is 0.369 e. The molecule has 40 heavy (non-hydrogen) atoms. The first-order chi connectivity index (χ1) is 19.1. The Labute approximate surface area is 228 Å². The molecule has 3 aromatic carbocycles.